The van der Waals surface area contributed by atoms with Crippen LogP contribution in [0.3, 0.4) is 0 Å². The van der Waals surface area contributed by atoms with Gasteiger partial charge in [-0.3, -0.25) is 0 Å². The fourth-order valence-corrected chi connectivity index (χ4v) is 2.15. The maximum atomic E-state index is 11.7. The minimum absolute atomic E-state index is 0. The van der Waals surface area contributed by atoms with Gasteiger partial charge < -0.3 is 10.1 Å². The number of esters is 1. The van der Waals surface area contributed by atoms with Crippen molar-refractivity contribution < 1.29 is 9.53 Å². The van der Waals surface area contributed by atoms with Gasteiger partial charge in [0.05, 0.1) is 12.2 Å². The van der Waals surface area contributed by atoms with Crippen molar-refractivity contribution in [2.75, 3.05) is 6.61 Å². The highest BCUT2D eigenvalue weighted by Crippen LogP contribution is 2.13. The molecule has 2 aromatic carbocycles. The molecule has 3 nitrogen and oxygen atoms in total. The smallest absolute Gasteiger partial charge is 0.338 e. The van der Waals surface area contributed by atoms with Gasteiger partial charge in [-0.25, -0.2) is 4.79 Å². The maximum Gasteiger partial charge on any atom is 0.338 e. The predicted molar refractivity (Wildman–Crippen MR) is 91.3 cm³/mol. The summed E-state index contributed by atoms with van der Waals surface area (Å²) in [5, 5.41) is 3.46. The number of ether oxygens (including phenoxy) is 1. The summed E-state index contributed by atoms with van der Waals surface area (Å²) < 4.78 is 5.02. The summed E-state index contributed by atoms with van der Waals surface area (Å²) in [6.07, 6.45) is 0. The molecule has 0 unspecified atom stereocenters. The largest absolute Gasteiger partial charge is 0.462 e. The van der Waals surface area contributed by atoms with Crippen LogP contribution >= 0.6 is 12.4 Å². The molecule has 1 atom stereocenters. The molecule has 2 rings (SSSR count). The van der Waals surface area contributed by atoms with Crippen LogP contribution in [-0.2, 0) is 11.3 Å². The van der Waals surface area contributed by atoms with E-state index >= 15 is 0 Å². The molecule has 118 valence electrons. The summed E-state index contributed by atoms with van der Waals surface area (Å²) in [6, 6.07) is 18.1. The Kier molecular flexibility index (Phi) is 7.64. The molecule has 2 aromatic rings. The average Bonchev–Trinajstić information content (AvgIpc) is 2.54. The van der Waals surface area contributed by atoms with Crippen molar-refractivity contribution in [1.29, 1.82) is 0 Å². The molecule has 0 aliphatic rings. The van der Waals surface area contributed by atoms with Gasteiger partial charge in [0.25, 0.3) is 0 Å². The van der Waals surface area contributed by atoms with Crippen molar-refractivity contribution >= 4 is 18.4 Å². The van der Waals surface area contributed by atoms with Gasteiger partial charge in [0.15, 0.2) is 0 Å². The molecule has 1 N–H and O–H groups in total. The van der Waals surface area contributed by atoms with E-state index in [2.05, 4.69) is 24.4 Å². The Morgan fingerprint density at radius 2 is 1.86 bits per heavy atom. The van der Waals surface area contributed by atoms with Gasteiger partial charge >= 0.3 is 5.97 Å². The average molecular weight is 320 g/mol. The molecule has 0 aliphatic carbocycles. The lowest BCUT2D eigenvalue weighted by molar-refractivity contribution is 0.0526. The van der Waals surface area contributed by atoms with Gasteiger partial charge in [0.2, 0.25) is 0 Å². The van der Waals surface area contributed by atoms with Gasteiger partial charge in [-0.1, -0.05) is 42.5 Å². The summed E-state index contributed by atoms with van der Waals surface area (Å²) in [5.41, 5.74) is 2.92. The Morgan fingerprint density at radius 3 is 2.55 bits per heavy atom. The highest BCUT2D eigenvalue weighted by Gasteiger charge is 2.08. The zero-order valence-corrected chi connectivity index (χ0v) is 13.7. The van der Waals surface area contributed by atoms with Crippen LogP contribution in [0.1, 0.15) is 41.4 Å². The first-order chi connectivity index (χ1) is 10.2. The van der Waals surface area contributed by atoms with Crippen LogP contribution in [0.5, 0.6) is 0 Å². The molecule has 0 saturated carbocycles. The summed E-state index contributed by atoms with van der Waals surface area (Å²) in [7, 11) is 0. The molecule has 0 bridgehead atoms. The monoisotopic (exact) mass is 319 g/mol. The third-order valence-electron chi connectivity index (χ3n) is 3.35. The predicted octanol–water partition coefficient (Wildman–Crippen LogP) is 4.14. The molecule has 4 heteroatoms. The summed E-state index contributed by atoms with van der Waals surface area (Å²) in [5.74, 6) is -0.268. The van der Waals surface area contributed by atoms with E-state index in [9.17, 15) is 4.79 Å². The number of carbonyl (C=O) groups excluding carboxylic acids is 1. The molecule has 0 spiro atoms. The second-order valence-electron chi connectivity index (χ2n) is 4.93. The van der Waals surface area contributed by atoms with Crippen molar-refractivity contribution in [2.45, 2.75) is 26.4 Å². The van der Waals surface area contributed by atoms with Crippen LogP contribution in [0, 0.1) is 0 Å². The molecule has 0 heterocycles. The lowest BCUT2D eigenvalue weighted by Crippen LogP contribution is -2.18. The van der Waals surface area contributed by atoms with E-state index in [0.29, 0.717) is 18.7 Å². The number of carbonyl (C=O) groups is 1. The fourth-order valence-electron chi connectivity index (χ4n) is 2.15. The standard InChI is InChI=1S/C18H21NO2.ClH/c1-3-21-18(20)17-11-7-8-15(12-17)13-19-14(2)16-9-5-4-6-10-16;/h4-12,14,19H,3,13H2,1-2H3;1H/t14-;/m0./s1. The van der Waals surface area contributed by atoms with Crippen molar-refractivity contribution in [3.63, 3.8) is 0 Å². The van der Waals surface area contributed by atoms with Crippen molar-refractivity contribution in [1.82, 2.24) is 5.32 Å². The quantitative estimate of drug-likeness (QED) is 0.813. The number of halogens is 1. The zero-order chi connectivity index (χ0) is 15.1. The first-order valence-corrected chi connectivity index (χ1v) is 7.25. The Labute approximate surface area is 138 Å². The van der Waals surface area contributed by atoms with Gasteiger partial charge in [0.1, 0.15) is 0 Å². The van der Waals surface area contributed by atoms with Crippen LogP contribution in [0.2, 0.25) is 0 Å². The van der Waals surface area contributed by atoms with Crippen LogP contribution in [0.4, 0.5) is 0 Å². The second kappa shape index (κ2) is 9.23. The van der Waals surface area contributed by atoms with E-state index in [1.807, 2.05) is 43.3 Å². The molecular formula is C18H22ClNO2. The lowest BCUT2D eigenvalue weighted by Gasteiger charge is -2.14. The van der Waals surface area contributed by atoms with Gasteiger partial charge in [-0.05, 0) is 37.1 Å². The van der Waals surface area contributed by atoms with Gasteiger partial charge in [0, 0.05) is 12.6 Å². The summed E-state index contributed by atoms with van der Waals surface area (Å²) >= 11 is 0. The molecule has 0 aromatic heterocycles. The summed E-state index contributed by atoms with van der Waals surface area (Å²) in [4.78, 5) is 11.7. The van der Waals surface area contributed by atoms with Crippen LogP contribution < -0.4 is 5.32 Å². The molecular weight excluding hydrogens is 298 g/mol. The molecule has 0 amide bonds. The zero-order valence-electron chi connectivity index (χ0n) is 12.9. The van der Waals surface area contributed by atoms with Crippen molar-refractivity contribution in [3.8, 4) is 0 Å². The minimum Gasteiger partial charge on any atom is -0.462 e. The topological polar surface area (TPSA) is 38.3 Å². The van der Waals surface area contributed by atoms with E-state index < -0.39 is 0 Å². The highest BCUT2D eigenvalue weighted by molar-refractivity contribution is 5.89. The van der Waals surface area contributed by atoms with Crippen LogP contribution in [-0.4, -0.2) is 12.6 Å². The van der Waals surface area contributed by atoms with Crippen LogP contribution in [0.15, 0.2) is 54.6 Å². The molecule has 0 radical (unpaired) electrons. The number of hydrogen-bond donors (Lipinski definition) is 1. The summed E-state index contributed by atoms with van der Waals surface area (Å²) in [6.45, 7) is 5.05. The Morgan fingerprint density at radius 1 is 1.14 bits per heavy atom. The molecule has 0 saturated heterocycles. The third-order valence-corrected chi connectivity index (χ3v) is 3.35. The van der Waals surface area contributed by atoms with Gasteiger partial charge in [-0.15, -0.1) is 12.4 Å². The van der Waals surface area contributed by atoms with Crippen LogP contribution in [0.25, 0.3) is 0 Å². The highest BCUT2D eigenvalue weighted by atomic mass is 35.5. The van der Waals surface area contributed by atoms with E-state index in [0.717, 1.165) is 5.56 Å². The molecule has 22 heavy (non-hydrogen) atoms. The fraction of sp³-hybridized carbons (Fsp3) is 0.278. The maximum absolute atomic E-state index is 11.7. The lowest BCUT2D eigenvalue weighted by atomic mass is 10.1. The number of rotatable bonds is 6. The Hall–Kier alpha value is -1.84. The Bertz CT molecular complexity index is 587. The van der Waals surface area contributed by atoms with E-state index in [-0.39, 0.29) is 24.4 Å². The minimum atomic E-state index is -0.268. The molecule has 0 fully saturated rings. The number of benzene rings is 2. The Balaban J connectivity index is 0.00000242. The SMILES string of the molecule is CCOC(=O)c1cccc(CN[C@@H](C)c2ccccc2)c1.Cl. The normalized spacial score (nSPS) is 11.4. The van der Waals surface area contributed by atoms with E-state index in [1.54, 1.807) is 6.07 Å². The first-order valence-electron chi connectivity index (χ1n) is 7.25. The van der Waals surface area contributed by atoms with E-state index in [4.69, 9.17) is 4.74 Å². The number of hydrogen-bond acceptors (Lipinski definition) is 3. The second-order valence-corrected chi connectivity index (χ2v) is 4.93. The van der Waals surface area contributed by atoms with E-state index in [1.165, 1.54) is 5.56 Å². The molecule has 0 aliphatic heterocycles. The first kappa shape index (κ1) is 18.2. The van der Waals surface area contributed by atoms with Gasteiger partial charge in [-0.2, -0.15) is 0 Å². The number of nitrogens with one attached hydrogen (secondary N) is 1. The third kappa shape index (κ3) is 5.17. The van der Waals surface area contributed by atoms with Crippen molar-refractivity contribution in [2.24, 2.45) is 0 Å². The van der Waals surface area contributed by atoms with Crippen molar-refractivity contribution in [3.05, 3.63) is 71.3 Å².